The van der Waals surface area contributed by atoms with Gasteiger partial charge in [-0.25, -0.2) is 8.42 Å². The molecule has 8 nitrogen and oxygen atoms in total. The molecule has 0 aliphatic carbocycles. The highest BCUT2D eigenvalue weighted by Crippen LogP contribution is 2.41. The fourth-order valence-corrected chi connectivity index (χ4v) is 4.79. The summed E-state index contributed by atoms with van der Waals surface area (Å²) in [5, 5.41) is 11.1. The van der Waals surface area contributed by atoms with Crippen LogP contribution in [-0.2, 0) is 27.0 Å². The maximum atomic E-state index is 12.3. The van der Waals surface area contributed by atoms with E-state index in [0.29, 0.717) is 29.4 Å². The molecule has 0 saturated heterocycles. The van der Waals surface area contributed by atoms with Gasteiger partial charge in [-0.3, -0.25) is 4.79 Å². The number of aliphatic hydroxyl groups excluding tert-OH is 1. The third kappa shape index (κ3) is 7.46. The molecule has 0 spiro atoms. The Balaban J connectivity index is 1.79. The van der Waals surface area contributed by atoms with E-state index in [1.54, 1.807) is 38.5 Å². The minimum Gasteiger partial charge on any atom is -0.493 e. The average molecular weight is 500 g/mol. The van der Waals surface area contributed by atoms with Gasteiger partial charge in [-0.15, -0.1) is 0 Å². The van der Waals surface area contributed by atoms with E-state index in [9.17, 15) is 13.2 Å². The van der Waals surface area contributed by atoms with E-state index in [1.807, 2.05) is 42.5 Å². The number of sulfone groups is 1. The molecule has 0 atom stereocenters. The number of carbonyl (C=O) groups excluding carboxylic acids is 1. The topological polar surface area (TPSA) is 111 Å². The van der Waals surface area contributed by atoms with E-state index in [0.717, 1.165) is 16.7 Å². The van der Waals surface area contributed by atoms with Gasteiger partial charge in [0.2, 0.25) is 11.7 Å². The van der Waals surface area contributed by atoms with E-state index in [1.165, 1.54) is 0 Å². The number of amides is 1. The van der Waals surface area contributed by atoms with Crippen LogP contribution in [0.25, 0.3) is 11.1 Å². The first-order valence-corrected chi connectivity index (χ1v) is 12.8. The number of carbonyl (C=O) groups is 1. The predicted molar refractivity (Wildman–Crippen MR) is 133 cm³/mol. The maximum absolute atomic E-state index is 12.3. The highest BCUT2D eigenvalue weighted by Gasteiger charge is 2.18. The second-order valence-electron chi connectivity index (χ2n) is 7.79. The Morgan fingerprint density at radius 1 is 0.886 bits per heavy atom. The zero-order chi connectivity index (χ0) is 25.3. The number of aliphatic hydroxyl groups is 1. The Hall–Kier alpha value is -3.56. The van der Waals surface area contributed by atoms with Crippen LogP contribution in [0.4, 0.5) is 0 Å². The number of benzene rings is 3. The fourth-order valence-electron chi connectivity index (χ4n) is 3.48. The zero-order valence-corrected chi connectivity index (χ0v) is 20.5. The number of methoxy groups -OCH3 is 2. The summed E-state index contributed by atoms with van der Waals surface area (Å²) in [6.07, 6.45) is 0. The monoisotopic (exact) mass is 499 g/mol. The number of ether oxygens (including phenoxy) is 3. The molecule has 3 aromatic rings. The quantitative estimate of drug-likeness (QED) is 0.394. The van der Waals surface area contributed by atoms with Crippen LogP contribution in [0, 0.1) is 0 Å². The molecule has 186 valence electrons. The number of nitrogens with one attached hydrogen (secondary N) is 1. The Kier molecular flexibility index (Phi) is 9.11. The van der Waals surface area contributed by atoms with Gasteiger partial charge in [-0.2, -0.15) is 0 Å². The standard InChI is InChI=1S/C26H29NO7S/c1-32-23-14-22(15-24(26(23)33-2)34-16-19-6-4-3-5-7-19)21-10-8-20(9-11-21)17-35(30,31)18-25(29)27-12-13-28/h3-11,14-15,28H,12-13,16-18H2,1-2H3,(H,27,29). The molecular weight excluding hydrogens is 470 g/mol. The van der Waals surface area contributed by atoms with Gasteiger partial charge < -0.3 is 24.6 Å². The molecule has 0 unspecified atom stereocenters. The SMILES string of the molecule is COc1cc(-c2ccc(CS(=O)(=O)CC(=O)NCCO)cc2)cc(OCc2ccccc2)c1OC. The third-order valence-electron chi connectivity index (χ3n) is 5.14. The summed E-state index contributed by atoms with van der Waals surface area (Å²) in [7, 11) is -0.555. The lowest BCUT2D eigenvalue weighted by atomic mass is 10.0. The Labute approximate surface area is 205 Å². The van der Waals surface area contributed by atoms with Gasteiger partial charge in [-0.1, -0.05) is 54.6 Å². The van der Waals surface area contributed by atoms with Gasteiger partial charge in [0.1, 0.15) is 12.4 Å². The van der Waals surface area contributed by atoms with Gasteiger partial charge in [0.25, 0.3) is 0 Å². The van der Waals surface area contributed by atoms with Crippen molar-refractivity contribution in [1.82, 2.24) is 5.32 Å². The van der Waals surface area contributed by atoms with Gasteiger partial charge in [0.05, 0.1) is 26.6 Å². The molecule has 0 fully saturated rings. The first kappa shape index (κ1) is 26.1. The summed E-state index contributed by atoms with van der Waals surface area (Å²) in [6.45, 7) is 0.125. The lowest BCUT2D eigenvalue weighted by molar-refractivity contribution is -0.118. The summed E-state index contributed by atoms with van der Waals surface area (Å²) in [5.41, 5.74) is 3.21. The Morgan fingerprint density at radius 2 is 1.57 bits per heavy atom. The van der Waals surface area contributed by atoms with E-state index < -0.39 is 21.5 Å². The smallest absolute Gasteiger partial charge is 0.235 e. The first-order chi connectivity index (χ1) is 16.8. The van der Waals surface area contributed by atoms with Crippen molar-refractivity contribution >= 4 is 15.7 Å². The van der Waals surface area contributed by atoms with Crippen LogP contribution in [-0.4, -0.2) is 52.6 Å². The van der Waals surface area contributed by atoms with E-state index >= 15 is 0 Å². The van der Waals surface area contributed by atoms with Crippen molar-refractivity contribution in [2.75, 3.05) is 33.1 Å². The molecule has 0 aliphatic rings. The minimum atomic E-state index is -3.65. The number of hydrogen-bond donors (Lipinski definition) is 2. The summed E-state index contributed by atoms with van der Waals surface area (Å²) in [6, 6.07) is 20.5. The summed E-state index contributed by atoms with van der Waals surface area (Å²) < 4.78 is 41.7. The summed E-state index contributed by atoms with van der Waals surface area (Å²) in [5.74, 6) is -0.0257. The minimum absolute atomic E-state index is 0.0193. The van der Waals surface area contributed by atoms with Crippen LogP contribution < -0.4 is 19.5 Å². The van der Waals surface area contributed by atoms with Crippen molar-refractivity contribution in [3.8, 4) is 28.4 Å². The summed E-state index contributed by atoms with van der Waals surface area (Å²) >= 11 is 0. The number of hydrogen-bond acceptors (Lipinski definition) is 7. The van der Waals surface area contributed by atoms with Crippen molar-refractivity contribution in [3.05, 3.63) is 77.9 Å². The third-order valence-corrected chi connectivity index (χ3v) is 6.62. The fraction of sp³-hybridized carbons (Fsp3) is 0.269. The highest BCUT2D eigenvalue weighted by atomic mass is 32.2. The average Bonchev–Trinajstić information content (AvgIpc) is 2.86. The molecule has 35 heavy (non-hydrogen) atoms. The van der Waals surface area contributed by atoms with Crippen molar-refractivity contribution in [2.24, 2.45) is 0 Å². The van der Waals surface area contributed by atoms with Crippen molar-refractivity contribution in [3.63, 3.8) is 0 Å². The zero-order valence-electron chi connectivity index (χ0n) is 19.7. The second kappa shape index (κ2) is 12.2. The van der Waals surface area contributed by atoms with Crippen LogP contribution in [0.2, 0.25) is 0 Å². The van der Waals surface area contributed by atoms with Crippen LogP contribution >= 0.6 is 0 Å². The van der Waals surface area contributed by atoms with Gasteiger partial charge in [0.15, 0.2) is 21.3 Å². The molecule has 0 aliphatic heterocycles. The molecular formula is C26H29NO7S. The largest absolute Gasteiger partial charge is 0.493 e. The molecule has 0 saturated carbocycles. The molecule has 9 heteroatoms. The second-order valence-corrected chi connectivity index (χ2v) is 9.85. The van der Waals surface area contributed by atoms with Gasteiger partial charge in [0, 0.05) is 6.54 Å². The molecule has 1 amide bonds. The van der Waals surface area contributed by atoms with E-state index in [2.05, 4.69) is 5.32 Å². The van der Waals surface area contributed by atoms with Crippen LogP contribution in [0.5, 0.6) is 17.2 Å². The molecule has 0 bridgehead atoms. The van der Waals surface area contributed by atoms with Gasteiger partial charge >= 0.3 is 0 Å². The van der Waals surface area contributed by atoms with E-state index in [-0.39, 0.29) is 18.9 Å². The predicted octanol–water partition coefficient (Wildman–Crippen LogP) is 2.97. The maximum Gasteiger partial charge on any atom is 0.235 e. The van der Waals surface area contributed by atoms with Gasteiger partial charge in [-0.05, 0) is 34.4 Å². The molecule has 2 N–H and O–H groups in total. The molecule has 0 aromatic heterocycles. The molecule has 0 radical (unpaired) electrons. The van der Waals surface area contributed by atoms with Crippen LogP contribution in [0.3, 0.4) is 0 Å². The lowest BCUT2D eigenvalue weighted by Gasteiger charge is -2.16. The Morgan fingerprint density at radius 3 is 2.20 bits per heavy atom. The van der Waals surface area contributed by atoms with E-state index in [4.69, 9.17) is 19.3 Å². The van der Waals surface area contributed by atoms with Crippen molar-refractivity contribution in [1.29, 1.82) is 0 Å². The highest BCUT2D eigenvalue weighted by molar-refractivity contribution is 7.91. The van der Waals surface area contributed by atoms with Crippen molar-refractivity contribution < 1.29 is 32.5 Å². The molecule has 3 aromatic carbocycles. The van der Waals surface area contributed by atoms with Crippen LogP contribution in [0.1, 0.15) is 11.1 Å². The molecule has 0 heterocycles. The lowest BCUT2D eigenvalue weighted by Crippen LogP contribution is -2.32. The Bertz CT molecular complexity index is 1230. The molecule has 3 rings (SSSR count). The first-order valence-electron chi connectivity index (χ1n) is 10.9. The normalized spacial score (nSPS) is 11.1. The van der Waals surface area contributed by atoms with Crippen molar-refractivity contribution in [2.45, 2.75) is 12.4 Å². The number of rotatable bonds is 12. The van der Waals surface area contributed by atoms with Crippen LogP contribution in [0.15, 0.2) is 66.7 Å². The summed E-state index contributed by atoms with van der Waals surface area (Å²) in [4.78, 5) is 11.7.